The molecule has 1 aromatic rings. The molecule has 2 amide bonds. The van der Waals surface area contributed by atoms with Crippen LogP contribution in [0, 0.1) is 6.92 Å². The summed E-state index contributed by atoms with van der Waals surface area (Å²) in [7, 11) is 0. The van der Waals surface area contributed by atoms with E-state index in [1.807, 2.05) is 38.1 Å². The summed E-state index contributed by atoms with van der Waals surface area (Å²) in [6, 6.07) is 7.65. The summed E-state index contributed by atoms with van der Waals surface area (Å²) in [5.74, 6) is -0.852. The number of piperazine rings is 1. The van der Waals surface area contributed by atoms with Crippen LogP contribution in [0.25, 0.3) is 0 Å². The van der Waals surface area contributed by atoms with Gasteiger partial charge in [0.05, 0.1) is 0 Å². The summed E-state index contributed by atoms with van der Waals surface area (Å²) in [5.41, 5.74) is 1.85. The molecule has 1 N–H and O–H groups in total. The predicted molar refractivity (Wildman–Crippen MR) is 78.7 cm³/mol. The Balaban J connectivity index is 2.14. The van der Waals surface area contributed by atoms with Gasteiger partial charge in [-0.05, 0) is 31.5 Å². The lowest BCUT2D eigenvalue weighted by Gasteiger charge is -2.29. The fraction of sp³-hybridized carbons (Fsp3) is 0.467. The molecule has 1 fully saturated rings. The SMILES string of the molecule is CCN(C(=O)C(=O)N1CCNCC1)c1cccc(C)c1. The molecule has 20 heavy (non-hydrogen) atoms. The molecule has 0 radical (unpaired) electrons. The van der Waals surface area contributed by atoms with Crippen molar-refractivity contribution in [2.45, 2.75) is 13.8 Å². The molecule has 0 saturated carbocycles. The second kappa shape index (κ2) is 6.52. The van der Waals surface area contributed by atoms with Gasteiger partial charge in [-0.25, -0.2) is 0 Å². The van der Waals surface area contributed by atoms with Crippen molar-refractivity contribution >= 4 is 17.5 Å². The third-order valence-electron chi connectivity index (χ3n) is 3.46. The molecule has 0 unspecified atom stereocenters. The zero-order chi connectivity index (χ0) is 14.5. The summed E-state index contributed by atoms with van der Waals surface area (Å²) >= 11 is 0. The third-order valence-corrected chi connectivity index (χ3v) is 3.46. The summed E-state index contributed by atoms with van der Waals surface area (Å²) in [4.78, 5) is 27.8. The van der Waals surface area contributed by atoms with Gasteiger partial charge in [-0.15, -0.1) is 0 Å². The number of hydrogen-bond donors (Lipinski definition) is 1. The maximum Gasteiger partial charge on any atom is 0.316 e. The van der Waals surface area contributed by atoms with Crippen molar-refractivity contribution in [1.82, 2.24) is 10.2 Å². The van der Waals surface area contributed by atoms with E-state index in [9.17, 15) is 9.59 Å². The van der Waals surface area contributed by atoms with E-state index < -0.39 is 11.8 Å². The Kier molecular flexibility index (Phi) is 4.74. The summed E-state index contributed by atoms with van der Waals surface area (Å²) < 4.78 is 0. The lowest BCUT2D eigenvalue weighted by molar-refractivity contribution is -0.144. The minimum atomic E-state index is -0.444. The van der Waals surface area contributed by atoms with Crippen molar-refractivity contribution in [3.05, 3.63) is 29.8 Å². The second-order valence-electron chi connectivity index (χ2n) is 4.93. The Labute approximate surface area is 119 Å². The lowest BCUT2D eigenvalue weighted by Crippen LogP contribution is -2.52. The van der Waals surface area contributed by atoms with E-state index in [1.165, 1.54) is 4.90 Å². The fourth-order valence-electron chi connectivity index (χ4n) is 2.36. The minimum Gasteiger partial charge on any atom is -0.332 e. The molecular formula is C15H21N3O2. The number of nitrogens with zero attached hydrogens (tertiary/aromatic N) is 2. The van der Waals surface area contributed by atoms with E-state index in [1.54, 1.807) is 4.90 Å². The number of rotatable bonds is 2. The number of aryl methyl sites for hydroxylation is 1. The molecule has 108 valence electrons. The molecule has 1 aromatic carbocycles. The molecule has 0 aliphatic carbocycles. The quantitative estimate of drug-likeness (QED) is 0.812. The zero-order valence-electron chi connectivity index (χ0n) is 12.1. The molecule has 0 atom stereocenters. The van der Waals surface area contributed by atoms with Crippen molar-refractivity contribution in [2.75, 3.05) is 37.6 Å². The highest BCUT2D eigenvalue weighted by molar-refractivity contribution is 6.40. The average Bonchev–Trinajstić information content (AvgIpc) is 2.48. The van der Waals surface area contributed by atoms with Crippen LogP contribution in [0.2, 0.25) is 0 Å². The average molecular weight is 275 g/mol. The van der Waals surface area contributed by atoms with Crippen LogP contribution in [0.4, 0.5) is 5.69 Å². The number of carbonyl (C=O) groups excluding carboxylic acids is 2. The van der Waals surface area contributed by atoms with E-state index >= 15 is 0 Å². The van der Waals surface area contributed by atoms with Crippen LogP contribution in [0.15, 0.2) is 24.3 Å². The van der Waals surface area contributed by atoms with E-state index in [2.05, 4.69) is 5.32 Å². The monoisotopic (exact) mass is 275 g/mol. The molecule has 1 aliphatic heterocycles. The predicted octanol–water partition coefficient (Wildman–Crippen LogP) is 0.780. The largest absolute Gasteiger partial charge is 0.332 e. The molecule has 0 aromatic heterocycles. The van der Waals surface area contributed by atoms with Crippen LogP contribution in [0.3, 0.4) is 0 Å². The van der Waals surface area contributed by atoms with Crippen LogP contribution in [0.1, 0.15) is 12.5 Å². The van der Waals surface area contributed by atoms with Crippen LogP contribution in [-0.4, -0.2) is 49.4 Å². The van der Waals surface area contributed by atoms with Crippen molar-refractivity contribution in [1.29, 1.82) is 0 Å². The van der Waals surface area contributed by atoms with Crippen molar-refractivity contribution in [3.8, 4) is 0 Å². The Morgan fingerprint density at radius 3 is 2.60 bits per heavy atom. The first kappa shape index (κ1) is 14.5. The first-order valence-corrected chi connectivity index (χ1v) is 7.01. The number of likely N-dealkylation sites (N-methyl/N-ethyl adjacent to an activating group) is 1. The molecule has 1 heterocycles. The number of nitrogens with one attached hydrogen (secondary N) is 1. The topological polar surface area (TPSA) is 52.7 Å². The van der Waals surface area contributed by atoms with Crippen LogP contribution >= 0.6 is 0 Å². The Hall–Kier alpha value is -1.88. The highest BCUT2D eigenvalue weighted by atomic mass is 16.2. The summed E-state index contributed by atoms with van der Waals surface area (Å²) in [5, 5.41) is 3.17. The lowest BCUT2D eigenvalue weighted by atomic mass is 10.2. The first-order valence-electron chi connectivity index (χ1n) is 7.01. The third kappa shape index (κ3) is 3.17. The molecule has 1 aliphatic rings. The standard InChI is InChI=1S/C15H21N3O2/c1-3-18(13-6-4-5-12(2)11-13)15(20)14(19)17-9-7-16-8-10-17/h4-6,11,16H,3,7-10H2,1-2H3. The molecule has 0 bridgehead atoms. The number of amides is 2. The van der Waals surface area contributed by atoms with Gasteiger partial charge in [-0.3, -0.25) is 9.59 Å². The number of hydrogen-bond acceptors (Lipinski definition) is 3. The van der Waals surface area contributed by atoms with Crippen molar-refractivity contribution in [3.63, 3.8) is 0 Å². The Morgan fingerprint density at radius 2 is 2.00 bits per heavy atom. The van der Waals surface area contributed by atoms with Gasteiger partial charge in [-0.1, -0.05) is 12.1 Å². The first-order chi connectivity index (χ1) is 9.63. The van der Waals surface area contributed by atoms with E-state index in [0.29, 0.717) is 19.6 Å². The maximum atomic E-state index is 12.4. The Bertz CT molecular complexity index is 496. The highest BCUT2D eigenvalue weighted by Gasteiger charge is 2.27. The van der Waals surface area contributed by atoms with Crippen LogP contribution in [-0.2, 0) is 9.59 Å². The van der Waals surface area contributed by atoms with Crippen LogP contribution in [0.5, 0.6) is 0 Å². The zero-order valence-corrected chi connectivity index (χ0v) is 12.1. The molecule has 1 saturated heterocycles. The van der Waals surface area contributed by atoms with Gasteiger partial charge in [-0.2, -0.15) is 0 Å². The van der Waals surface area contributed by atoms with Crippen LogP contribution < -0.4 is 10.2 Å². The molecule has 0 spiro atoms. The fourth-order valence-corrected chi connectivity index (χ4v) is 2.36. The Morgan fingerprint density at radius 1 is 1.30 bits per heavy atom. The van der Waals surface area contributed by atoms with Crippen molar-refractivity contribution < 1.29 is 9.59 Å². The smallest absolute Gasteiger partial charge is 0.316 e. The van der Waals surface area contributed by atoms with Gasteiger partial charge in [0, 0.05) is 38.4 Å². The second-order valence-corrected chi connectivity index (χ2v) is 4.93. The van der Waals surface area contributed by atoms with Gasteiger partial charge in [0.15, 0.2) is 0 Å². The molecule has 2 rings (SSSR count). The van der Waals surface area contributed by atoms with Crippen molar-refractivity contribution in [2.24, 2.45) is 0 Å². The number of carbonyl (C=O) groups is 2. The molecule has 5 nitrogen and oxygen atoms in total. The highest BCUT2D eigenvalue weighted by Crippen LogP contribution is 2.16. The van der Waals surface area contributed by atoms with Gasteiger partial charge >= 0.3 is 11.8 Å². The van der Waals surface area contributed by atoms with E-state index in [-0.39, 0.29) is 0 Å². The van der Waals surface area contributed by atoms with Gasteiger partial charge in [0.25, 0.3) is 0 Å². The number of benzene rings is 1. The minimum absolute atomic E-state index is 0.408. The van der Waals surface area contributed by atoms with E-state index in [4.69, 9.17) is 0 Å². The van der Waals surface area contributed by atoms with Gasteiger partial charge in [0.2, 0.25) is 0 Å². The molecular weight excluding hydrogens is 254 g/mol. The normalized spacial score (nSPS) is 15.0. The maximum absolute atomic E-state index is 12.4. The van der Waals surface area contributed by atoms with Gasteiger partial charge < -0.3 is 15.1 Å². The summed E-state index contributed by atoms with van der Waals surface area (Å²) in [6.45, 7) is 7.02. The van der Waals surface area contributed by atoms with E-state index in [0.717, 1.165) is 24.3 Å². The summed E-state index contributed by atoms with van der Waals surface area (Å²) in [6.07, 6.45) is 0. The number of anilines is 1. The molecule has 5 heteroatoms. The van der Waals surface area contributed by atoms with Gasteiger partial charge in [0.1, 0.15) is 0 Å².